The van der Waals surface area contributed by atoms with Crippen LogP contribution in [0.5, 0.6) is 0 Å². The highest BCUT2D eigenvalue weighted by Crippen LogP contribution is 2.39. The summed E-state index contributed by atoms with van der Waals surface area (Å²) in [6.07, 6.45) is 10.5. The number of hydrogen-bond donors (Lipinski definition) is 1. The first-order chi connectivity index (χ1) is 10.2. The molecule has 2 nitrogen and oxygen atoms in total. The number of likely N-dealkylation sites (tertiary alicyclic amines) is 1. The predicted molar refractivity (Wildman–Crippen MR) is 89.5 cm³/mol. The molecule has 2 fully saturated rings. The fourth-order valence-electron chi connectivity index (χ4n) is 4.53. The summed E-state index contributed by atoms with van der Waals surface area (Å²) in [5.41, 5.74) is 9.82. The van der Waals surface area contributed by atoms with Gasteiger partial charge in [0.1, 0.15) is 0 Å². The van der Waals surface area contributed by atoms with E-state index in [9.17, 15) is 0 Å². The molecule has 116 valence electrons. The van der Waals surface area contributed by atoms with Gasteiger partial charge in [-0.05, 0) is 57.7 Å². The third-order valence-corrected chi connectivity index (χ3v) is 5.68. The molecule has 1 atom stereocenters. The van der Waals surface area contributed by atoms with Crippen LogP contribution in [0.4, 0.5) is 0 Å². The van der Waals surface area contributed by atoms with Crippen molar-refractivity contribution in [2.24, 2.45) is 5.73 Å². The standard InChI is InChI=1S/C19H30N2/c1-16-8-7-9-17(14-16)15-18(20)19(10-3-4-11-19)21-12-5-2-6-13-21/h7-9,14,18H,2-6,10-13,15,20H2,1H3. The Balaban J connectivity index is 1.76. The quantitative estimate of drug-likeness (QED) is 0.915. The summed E-state index contributed by atoms with van der Waals surface area (Å²) < 4.78 is 0. The van der Waals surface area contributed by atoms with Crippen LogP contribution in [0.3, 0.4) is 0 Å². The van der Waals surface area contributed by atoms with E-state index < -0.39 is 0 Å². The van der Waals surface area contributed by atoms with Crippen molar-refractivity contribution in [3.05, 3.63) is 35.4 Å². The average molecular weight is 286 g/mol. The molecule has 1 saturated carbocycles. The summed E-state index contributed by atoms with van der Waals surface area (Å²) in [6, 6.07) is 9.16. The van der Waals surface area contributed by atoms with Crippen LogP contribution in [0.1, 0.15) is 56.1 Å². The number of rotatable bonds is 4. The van der Waals surface area contributed by atoms with Gasteiger partial charge in [0, 0.05) is 11.6 Å². The second-order valence-corrected chi connectivity index (χ2v) is 7.16. The maximum atomic E-state index is 6.79. The number of benzene rings is 1. The van der Waals surface area contributed by atoms with Crippen LogP contribution in [-0.2, 0) is 6.42 Å². The van der Waals surface area contributed by atoms with Gasteiger partial charge in [-0.3, -0.25) is 4.90 Å². The van der Waals surface area contributed by atoms with Gasteiger partial charge in [0.25, 0.3) is 0 Å². The van der Waals surface area contributed by atoms with Crippen molar-refractivity contribution >= 4 is 0 Å². The fourth-order valence-corrected chi connectivity index (χ4v) is 4.53. The summed E-state index contributed by atoms with van der Waals surface area (Å²) in [5, 5.41) is 0. The number of nitrogens with two attached hydrogens (primary N) is 1. The molecule has 0 radical (unpaired) electrons. The zero-order chi connectivity index (χ0) is 14.7. The number of hydrogen-bond acceptors (Lipinski definition) is 2. The predicted octanol–water partition coefficient (Wildman–Crippen LogP) is 3.66. The maximum Gasteiger partial charge on any atom is 0.0363 e. The minimum absolute atomic E-state index is 0.278. The molecule has 1 aromatic carbocycles. The Morgan fingerprint density at radius 2 is 1.81 bits per heavy atom. The number of aryl methyl sites for hydroxylation is 1. The molecule has 0 amide bonds. The van der Waals surface area contributed by atoms with Crippen molar-refractivity contribution in [1.29, 1.82) is 0 Å². The molecule has 2 aliphatic rings. The van der Waals surface area contributed by atoms with E-state index >= 15 is 0 Å². The van der Waals surface area contributed by atoms with Crippen LogP contribution < -0.4 is 5.73 Å². The largest absolute Gasteiger partial charge is 0.326 e. The minimum atomic E-state index is 0.278. The first-order valence-corrected chi connectivity index (χ1v) is 8.77. The Morgan fingerprint density at radius 3 is 2.48 bits per heavy atom. The molecule has 1 unspecified atom stereocenters. The van der Waals surface area contributed by atoms with Gasteiger partial charge in [0.2, 0.25) is 0 Å². The van der Waals surface area contributed by atoms with Crippen LogP contribution in [0.25, 0.3) is 0 Å². The first-order valence-electron chi connectivity index (χ1n) is 8.77. The lowest BCUT2D eigenvalue weighted by molar-refractivity contribution is 0.0482. The monoisotopic (exact) mass is 286 g/mol. The molecule has 1 aromatic rings. The summed E-state index contributed by atoms with van der Waals surface area (Å²) in [7, 11) is 0. The van der Waals surface area contributed by atoms with Crippen LogP contribution in [0, 0.1) is 6.92 Å². The Labute approximate surface area is 129 Å². The molecular formula is C19H30N2. The van der Waals surface area contributed by atoms with Crippen LogP contribution in [0.2, 0.25) is 0 Å². The Bertz CT molecular complexity index is 456. The van der Waals surface area contributed by atoms with E-state index in [1.807, 2.05) is 0 Å². The van der Waals surface area contributed by atoms with Crippen LogP contribution in [0.15, 0.2) is 24.3 Å². The first kappa shape index (κ1) is 15.1. The van der Waals surface area contributed by atoms with Crippen LogP contribution in [-0.4, -0.2) is 29.6 Å². The molecule has 0 spiro atoms. The molecule has 1 aliphatic heterocycles. The Kier molecular flexibility index (Phi) is 4.66. The van der Waals surface area contributed by atoms with E-state index in [0.29, 0.717) is 0 Å². The second-order valence-electron chi connectivity index (χ2n) is 7.16. The molecule has 1 saturated heterocycles. The lowest BCUT2D eigenvalue weighted by Gasteiger charge is -2.47. The third kappa shape index (κ3) is 3.17. The molecule has 1 aliphatic carbocycles. The van der Waals surface area contributed by atoms with Crippen molar-refractivity contribution < 1.29 is 0 Å². The molecule has 1 heterocycles. The molecule has 0 bridgehead atoms. The molecule has 2 heteroatoms. The van der Waals surface area contributed by atoms with Gasteiger partial charge in [-0.1, -0.05) is 49.1 Å². The summed E-state index contributed by atoms with van der Waals surface area (Å²) in [5.74, 6) is 0. The van der Waals surface area contributed by atoms with Gasteiger partial charge in [-0.25, -0.2) is 0 Å². The minimum Gasteiger partial charge on any atom is -0.326 e. The van der Waals surface area contributed by atoms with Gasteiger partial charge in [-0.15, -0.1) is 0 Å². The molecule has 3 rings (SSSR count). The van der Waals surface area contributed by atoms with Gasteiger partial charge < -0.3 is 5.73 Å². The van der Waals surface area contributed by atoms with Gasteiger partial charge in [0.15, 0.2) is 0 Å². The van der Waals surface area contributed by atoms with Crippen LogP contribution >= 0.6 is 0 Å². The molecule has 21 heavy (non-hydrogen) atoms. The molecule has 0 aromatic heterocycles. The number of piperidine rings is 1. The smallest absolute Gasteiger partial charge is 0.0363 e. The topological polar surface area (TPSA) is 29.3 Å². The van der Waals surface area contributed by atoms with Gasteiger partial charge in [-0.2, -0.15) is 0 Å². The Hall–Kier alpha value is -0.860. The van der Waals surface area contributed by atoms with Crippen molar-refractivity contribution in [2.45, 2.75) is 69.9 Å². The fraction of sp³-hybridized carbons (Fsp3) is 0.684. The van der Waals surface area contributed by atoms with E-state index in [1.54, 1.807) is 0 Å². The Morgan fingerprint density at radius 1 is 1.10 bits per heavy atom. The van der Waals surface area contributed by atoms with Gasteiger partial charge in [0.05, 0.1) is 0 Å². The maximum absolute atomic E-state index is 6.79. The normalized spacial score (nSPS) is 24.1. The highest BCUT2D eigenvalue weighted by atomic mass is 15.2. The zero-order valence-corrected chi connectivity index (χ0v) is 13.5. The van der Waals surface area contributed by atoms with E-state index in [1.165, 1.54) is 69.2 Å². The summed E-state index contributed by atoms with van der Waals surface area (Å²) in [6.45, 7) is 4.70. The lowest BCUT2D eigenvalue weighted by Crippen LogP contribution is -2.60. The lowest BCUT2D eigenvalue weighted by atomic mass is 9.82. The molecular weight excluding hydrogens is 256 g/mol. The van der Waals surface area contributed by atoms with Crippen molar-refractivity contribution in [1.82, 2.24) is 4.90 Å². The highest BCUT2D eigenvalue weighted by Gasteiger charge is 2.44. The van der Waals surface area contributed by atoms with Crippen molar-refractivity contribution in [2.75, 3.05) is 13.1 Å². The van der Waals surface area contributed by atoms with E-state index in [2.05, 4.69) is 36.1 Å². The van der Waals surface area contributed by atoms with E-state index in [-0.39, 0.29) is 11.6 Å². The highest BCUT2D eigenvalue weighted by molar-refractivity contribution is 5.24. The second kappa shape index (κ2) is 6.50. The van der Waals surface area contributed by atoms with Crippen molar-refractivity contribution in [3.8, 4) is 0 Å². The third-order valence-electron chi connectivity index (χ3n) is 5.68. The van der Waals surface area contributed by atoms with Gasteiger partial charge >= 0.3 is 0 Å². The van der Waals surface area contributed by atoms with Crippen molar-refractivity contribution in [3.63, 3.8) is 0 Å². The van der Waals surface area contributed by atoms with E-state index in [0.717, 1.165) is 6.42 Å². The molecule has 2 N–H and O–H groups in total. The average Bonchev–Trinajstić information content (AvgIpc) is 2.99. The number of nitrogens with zero attached hydrogens (tertiary/aromatic N) is 1. The zero-order valence-electron chi connectivity index (χ0n) is 13.5. The summed E-state index contributed by atoms with van der Waals surface area (Å²) >= 11 is 0. The van der Waals surface area contributed by atoms with E-state index in [4.69, 9.17) is 5.73 Å². The SMILES string of the molecule is Cc1cccc(CC(N)C2(N3CCCCC3)CCCC2)c1. The summed E-state index contributed by atoms with van der Waals surface area (Å²) in [4.78, 5) is 2.75.